The van der Waals surface area contributed by atoms with Gasteiger partial charge in [0.2, 0.25) is 5.95 Å². The van der Waals surface area contributed by atoms with Gasteiger partial charge in [-0.1, -0.05) is 18.2 Å². The number of rotatable bonds is 7. The number of ether oxygens (including phenoxy) is 1. The fourth-order valence-electron chi connectivity index (χ4n) is 2.67. The number of nitrogens with zero attached hydrogens (tertiary/aromatic N) is 2. The minimum Gasteiger partial charge on any atom is -0.481 e. The highest BCUT2D eigenvalue weighted by Gasteiger charge is 2.18. The van der Waals surface area contributed by atoms with Crippen LogP contribution in [0.4, 0.5) is 11.6 Å². The molecule has 0 saturated carbocycles. The van der Waals surface area contributed by atoms with Gasteiger partial charge in [0.25, 0.3) is 15.9 Å². The molecule has 9 heteroatoms. The van der Waals surface area contributed by atoms with E-state index in [0.717, 1.165) is 0 Å². The number of amides is 1. The van der Waals surface area contributed by atoms with Crippen molar-refractivity contribution in [2.45, 2.75) is 31.8 Å². The Kier molecular flexibility index (Phi) is 6.31. The van der Waals surface area contributed by atoms with Crippen LogP contribution in [0.5, 0.6) is 5.75 Å². The van der Waals surface area contributed by atoms with Crippen LogP contribution in [0.1, 0.15) is 18.3 Å². The number of aromatic nitrogens is 2. The fraction of sp³-hybridized carbons (Fsp3) is 0.190. The molecule has 2 N–H and O–H groups in total. The second-order valence-corrected chi connectivity index (χ2v) is 8.35. The SMILES string of the molecule is Cc1cc(C)nc(NS(=O)(=O)c2ccc(NC(=O)C(C)Oc3ccccc3)cc2)n1. The first-order chi connectivity index (χ1) is 14.2. The van der Waals surface area contributed by atoms with Crippen LogP contribution >= 0.6 is 0 Å². The molecule has 8 nitrogen and oxygen atoms in total. The minimum absolute atomic E-state index is 0.0109. The van der Waals surface area contributed by atoms with E-state index < -0.39 is 16.1 Å². The van der Waals surface area contributed by atoms with Gasteiger partial charge in [0.1, 0.15) is 5.75 Å². The Labute approximate surface area is 175 Å². The molecule has 0 aliphatic rings. The molecular weight excluding hydrogens is 404 g/mol. The van der Waals surface area contributed by atoms with E-state index in [1.165, 1.54) is 24.3 Å². The molecule has 0 aliphatic carbocycles. The van der Waals surface area contributed by atoms with Gasteiger partial charge < -0.3 is 10.1 Å². The molecule has 3 aromatic rings. The molecule has 1 amide bonds. The summed E-state index contributed by atoms with van der Waals surface area (Å²) in [5.74, 6) is 0.245. The number of aryl methyl sites for hydroxylation is 2. The maximum Gasteiger partial charge on any atom is 0.265 e. The summed E-state index contributed by atoms with van der Waals surface area (Å²) in [6.07, 6.45) is -0.723. The van der Waals surface area contributed by atoms with Crippen LogP contribution in [0.2, 0.25) is 0 Å². The quantitative estimate of drug-likeness (QED) is 0.600. The van der Waals surface area contributed by atoms with E-state index in [2.05, 4.69) is 20.0 Å². The predicted octanol–water partition coefficient (Wildman–Crippen LogP) is 3.30. The van der Waals surface area contributed by atoms with Gasteiger partial charge in [-0.25, -0.2) is 23.1 Å². The van der Waals surface area contributed by atoms with Crippen molar-refractivity contribution >= 4 is 27.6 Å². The first kappa shape index (κ1) is 21.3. The normalized spacial score (nSPS) is 12.1. The van der Waals surface area contributed by atoms with Gasteiger partial charge in [0.15, 0.2) is 6.10 Å². The van der Waals surface area contributed by atoms with Gasteiger partial charge in [-0.05, 0) is 63.2 Å². The average Bonchev–Trinajstić information content (AvgIpc) is 2.68. The van der Waals surface area contributed by atoms with Crippen LogP contribution in [-0.2, 0) is 14.8 Å². The van der Waals surface area contributed by atoms with E-state index in [4.69, 9.17) is 4.74 Å². The van der Waals surface area contributed by atoms with Crippen molar-refractivity contribution in [1.29, 1.82) is 0 Å². The topological polar surface area (TPSA) is 110 Å². The third kappa shape index (κ3) is 5.54. The second-order valence-electron chi connectivity index (χ2n) is 6.67. The Balaban J connectivity index is 1.65. The van der Waals surface area contributed by atoms with Crippen molar-refractivity contribution in [2.24, 2.45) is 0 Å². The lowest BCUT2D eigenvalue weighted by molar-refractivity contribution is -0.122. The van der Waals surface area contributed by atoms with Crippen LogP contribution in [-0.4, -0.2) is 30.4 Å². The molecule has 3 rings (SSSR count). The molecule has 0 radical (unpaired) electrons. The lowest BCUT2D eigenvalue weighted by Gasteiger charge is -2.15. The lowest BCUT2D eigenvalue weighted by Crippen LogP contribution is -2.30. The number of sulfonamides is 1. The van der Waals surface area contributed by atoms with Crippen molar-refractivity contribution in [3.05, 3.63) is 72.1 Å². The number of hydrogen-bond donors (Lipinski definition) is 2. The molecule has 1 heterocycles. The monoisotopic (exact) mass is 426 g/mol. The van der Waals surface area contributed by atoms with Crippen molar-refractivity contribution < 1.29 is 17.9 Å². The predicted molar refractivity (Wildman–Crippen MR) is 114 cm³/mol. The second kappa shape index (κ2) is 8.91. The summed E-state index contributed by atoms with van der Waals surface area (Å²) in [4.78, 5) is 20.5. The Morgan fingerprint density at radius 1 is 0.967 bits per heavy atom. The van der Waals surface area contributed by atoms with E-state index in [1.807, 2.05) is 18.2 Å². The third-order valence-electron chi connectivity index (χ3n) is 4.07. The van der Waals surface area contributed by atoms with E-state index in [0.29, 0.717) is 22.8 Å². The zero-order chi connectivity index (χ0) is 21.7. The summed E-state index contributed by atoms with van der Waals surface area (Å²) < 4.78 is 33.1. The molecular formula is C21H22N4O4S. The maximum absolute atomic E-state index is 12.6. The van der Waals surface area contributed by atoms with Crippen LogP contribution in [0.25, 0.3) is 0 Å². The molecule has 0 aliphatic heterocycles. The largest absolute Gasteiger partial charge is 0.481 e. The molecule has 0 bridgehead atoms. The van der Waals surface area contributed by atoms with Crippen LogP contribution in [0.15, 0.2) is 65.6 Å². The van der Waals surface area contributed by atoms with Gasteiger partial charge in [0, 0.05) is 17.1 Å². The molecule has 156 valence electrons. The summed E-state index contributed by atoms with van der Waals surface area (Å²) >= 11 is 0. The highest BCUT2D eigenvalue weighted by Crippen LogP contribution is 2.18. The van der Waals surface area contributed by atoms with Crippen molar-refractivity contribution in [3.63, 3.8) is 0 Å². The standard InChI is InChI=1S/C21H22N4O4S/c1-14-13-15(2)23-21(22-14)25-30(27,28)19-11-9-17(10-12-19)24-20(26)16(3)29-18-7-5-4-6-8-18/h4-13,16H,1-3H3,(H,24,26)(H,22,23,25). The highest BCUT2D eigenvalue weighted by molar-refractivity contribution is 7.92. The van der Waals surface area contributed by atoms with E-state index in [9.17, 15) is 13.2 Å². The molecule has 0 saturated heterocycles. The summed E-state index contributed by atoms with van der Waals surface area (Å²) in [5, 5.41) is 2.70. The van der Waals surface area contributed by atoms with Crippen LogP contribution in [0, 0.1) is 13.8 Å². The van der Waals surface area contributed by atoms with Gasteiger partial charge in [0.05, 0.1) is 4.90 Å². The first-order valence-electron chi connectivity index (χ1n) is 9.21. The van der Waals surface area contributed by atoms with Crippen LogP contribution in [0.3, 0.4) is 0 Å². The van der Waals surface area contributed by atoms with Crippen molar-refractivity contribution in [3.8, 4) is 5.75 Å². The Bertz CT molecular complexity index is 1110. The molecule has 0 fully saturated rings. The number of benzene rings is 2. The van der Waals surface area contributed by atoms with Gasteiger partial charge in [-0.3, -0.25) is 4.79 Å². The van der Waals surface area contributed by atoms with E-state index in [-0.39, 0.29) is 16.8 Å². The summed E-state index contributed by atoms with van der Waals surface area (Å²) in [6, 6.07) is 16.5. The van der Waals surface area contributed by atoms with E-state index >= 15 is 0 Å². The number of anilines is 2. The zero-order valence-electron chi connectivity index (χ0n) is 16.8. The zero-order valence-corrected chi connectivity index (χ0v) is 17.6. The molecule has 1 unspecified atom stereocenters. The smallest absolute Gasteiger partial charge is 0.265 e. The highest BCUT2D eigenvalue weighted by atomic mass is 32.2. The number of nitrogens with one attached hydrogen (secondary N) is 2. The average molecular weight is 426 g/mol. The Hall–Kier alpha value is -3.46. The van der Waals surface area contributed by atoms with Gasteiger partial charge in [-0.15, -0.1) is 0 Å². The lowest BCUT2D eigenvalue weighted by atomic mass is 10.3. The van der Waals surface area contributed by atoms with Gasteiger partial charge >= 0.3 is 0 Å². The van der Waals surface area contributed by atoms with Crippen molar-refractivity contribution in [1.82, 2.24) is 9.97 Å². The molecule has 2 aromatic carbocycles. The summed E-state index contributed by atoms with van der Waals surface area (Å²) in [6.45, 7) is 5.15. The Morgan fingerprint density at radius 3 is 2.17 bits per heavy atom. The van der Waals surface area contributed by atoms with Gasteiger partial charge in [-0.2, -0.15) is 0 Å². The third-order valence-corrected chi connectivity index (χ3v) is 5.41. The molecule has 1 aromatic heterocycles. The summed E-state index contributed by atoms with van der Waals surface area (Å²) in [7, 11) is -3.86. The molecule has 0 spiro atoms. The minimum atomic E-state index is -3.86. The van der Waals surface area contributed by atoms with Crippen LogP contribution < -0.4 is 14.8 Å². The van der Waals surface area contributed by atoms with Crippen molar-refractivity contribution in [2.75, 3.05) is 10.0 Å². The number of hydrogen-bond acceptors (Lipinski definition) is 6. The first-order valence-corrected chi connectivity index (χ1v) is 10.7. The number of para-hydroxylation sites is 1. The van der Waals surface area contributed by atoms with E-state index in [1.54, 1.807) is 39.0 Å². The Morgan fingerprint density at radius 2 is 1.57 bits per heavy atom. The summed E-state index contributed by atoms with van der Waals surface area (Å²) in [5.41, 5.74) is 1.76. The number of carbonyl (C=O) groups excluding carboxylic acids is 1. The molecule has 1 atom stereocenters. The fourth-order valence-corrected chi connectivity index (χ4v) is 3.61. The maximum atomic E-state index is 12.6. The number of carbonyl (C=O) groups is 1. The molecule has 30 heavy (non-hydrogen) atoms.